The topological polar surface area (TPSA) is 228 Å². The van der Waals surface area contributed by atoms with Crippen LogP contribution in [0.15, 0.2) is 0 Å². The second-order valence-electron chi connectivity index (χ2n) is 26.8. The molecule has 0 bridgehead atoms. The van der Waals surface area contributed by atoms with E-state index in [0.717, 1.165) is 51.4 Å². The van der Waals surface area contributed by atoms with E-state index in [9.17, 15) is 45.6 Å². The Hall–Kier alpha value is -1.01. The first kappa shape index (κ1) is 81.1. The SMILES string of the molecule is CCCCCCCCCCCCCCCCCCCCCCCCCCCCCCCCCC(=O)NC(COC1OC(CO)C(OC2OC(CO)C(O)C(O)C2O)C(O)C1O)C(O)CCCCCCCCCCCCCCCCCCCCCCC. The summed E-state index contributed by atoms with van der Waals surface area (Å²) in [5, 5.41) is 87.7. The fourth-order valence-electron chi connectivity index (χ4n) is 12.9. The molecule has 14 nitrogen and oxygen atoms in total. The molecule has 0 spiro atoms. The molecule has 2 fully saturated rings. The first-order chi connectivity index (χ1) is 42.1. The van der Waals surface area contributed by atoms with E-state index in [-0.39, 0.29) is 12.5 Å². The van der Waals surface area contributed by atoms with Crippen molar-refractivity contribution < 1.29 is 64.6 Å². The van der Waals surface area contributed by atoms with E-state index in [0.29, 0.717) is 12.8 Å². The molecule has 0 aliphatic carbocycles. The molecule has 1 amide bonds. The van der Waals surface area contributed by atoms with Crippen molar-refractivity contribution in [1.29, 1.82) is 0 Å². The number of carbonyl (C=O) groups is 1. The van der Waals surface area contributed by atoms with Gasteiger partial charge in [-0.25, -0.2) is 0 Å². The van der Waals surface area contributed by atoms with Crippen LogP contribution >= 0.6 is 0 Å². The minimum absolute atomic E-state index is 0.196. The van der Waals surface area contributed by atoms with Gasteiger partial charge >= 0.3 is 0 Å². The van der Waals surface area contributed by atoms with Gasteiger partial charge in [0, 0.05) is 6.42 Å². The van der Waals surface area contributed by atoms with E-state index in [1.54, 1.807) is 0 Å². The van der Waals surface area contributed by atoms with Crippen LogP contribution in [0.3, 0.4) is 0 Å². The predicted octanol–water partition coefficient (Wildman–Crippen LogP) is 15.6. The third-order valence-corrected chi connectivity index (χ3v) is 18.8. The zero-order chi connectivity index (χ0) is 62.3. The standard InChI is InChI=1S/C72H141NO13/c1-3-5-7-9-11-13-15-17-19-21-23-25-26-27-28-29-30-31-32-33-34-36-38-40-42-44-46-48-50-52-54-56-64(77)73-60(61(76)55-53-51-49-47-45-43-41-39-37-35-24-22-20-18-16-14-12-10-8-6-4-2)59-83-71-69(82)67(80)70(63(58-75)85-71)86-72-68(81)66(79)65(78)62(57-74)84-72/h60-63,65-72,74-76,78-82H,3-59H2,1-2H3,(H,73,77). The molecule has 0 saturated carbocycles. The molecule has 0 radical (unpaired) electrons. The monoisotopic (exact) mass is 1230 g/mol. The molecule has 2 rings (SSSR count). The van der Waals surface area contributed by atoms with Gasteiger partial charge in [-0.15, -0.1) is 0 Å². The molecule has 2 aliphatic heterocycles. The second kappa shape index (κ2) is 57.9. The summed E-state index contributed by atoms with van der Waals surface area (Å²) >= 11 is 0. The number of nitrogens with one attached hydrogen (secondary N) is 1. The van der Waals surface area contributed by atoms with Gasteiger partial charge in [0.05, 0.1) is 32.0 Å². The molecule has 86 heavy (non-hydrogen) atoms. The highest BCUT2D eigenvalue weighted by molar-refractivity contribution is 5.76. The molecule has 9 N–H and O–H groups in total. The number of rotatable bonds is 63. The van der Waals surface area contributed by atoms with Crippen LogP contribution in [0.25, 0.3) is 0 Å². The van der Waals surface area contributed by atoms with E-state index in [1.165, 1.54) is 283 Å². The van der Waals surface area contributed by atoms with Gasteiger partial charge in [-0.3, -0.25) is 4.79 Å². The van der Waals surface area contributed by atoms with Crippen molar-refractivity contribution in [1.82, 2.24) is 5.32 Å². The van der Waals surface area contributed by atoms with Crippen molar-refractivity contribution >= 4 is 5.91 Å². The minimum Gasteiger partial charge on any atom is -0.394 e. The van der Waals surface area contributed by atoms with Gasteiger partial charge in [0.15, 0.2) is 12.6 Å². The van der Waals surface area contributed by atoms with Crippen LogP contribution in [0.1, 0.15) is 361 Å². The lowest BCUT2D eigenvalue weighted by Crippen LogP contribution is -2.65. The molecule has 0 aromatic carbocycles. The molecule has 14 heteroatoms. The Labute approximate surface area is 527 Å². The van der Waals surface area contributed by atoms with Crippen molar-refractivity contribution in [3.8, 4) is 0 Å². The van der Waals surface area contributed by atoms with Gasteiger partial charge in [-0.1, -0.05) is 341 Å². The lowest BCUT2D eigenvalue weighted by molar-refractivity contribution is -0.359. The Kier molecular flexibility index (Phi) is 54.5. The molecular formula is C72H141NO13. The second-order valence-corrected chi connectivity index (χ2v) is 26.8. The minimum atomic E-state index is -1.78. The quantitative estimate of drug-likeness (QED) is 0.0259. The van der Waals surface area contributed by atoms with Crippen molar-refractivity contribution in [3.63, 3.8) is 0 Å². The Morgan fingerprint density at radius 1 is 0.372 bits per heavy atom. The highest BCUT2D eigenvalue weighted by atomic mass is 16.7. The molecule has 2 aliphatic rings. The maximum Gasteiger partial charge on any atom is 0.220 e. The smallest absolute Gasteiger partial charge is 0.220 e. The van der Waals surface area contributed by atoms with Crippen molar-refractivity contribution in [2.75, 3.05) is 19.8 Å². The van der Waals surface area contributed by atoms with Crippen LogP contribution in [-0.4, -0.2) is 140 Å². The van der Waals surface area contributed by atoms with Gasteiger partial charge in [-0.05, 0) is 12.8 Å². The van der Waals surface area contributed by atoms with Gasteiger partial charge in [-0.2, -0.15) is 0 Å². The molecule has 12 atom stereocenters. The fourth-order valence-corrected chi connectivity index (χ4v) is 12.9. The number of carbonyl (C=O) groups excluding carboxylic acids is 1. The summed E-state index contributed by atoms with van der Waals surface area (Å²) < 4.78 is 22.9. The van der Waals surface area contributed by atoms with Crippen LogP contribution in [0.5, 0.6) is 0 Å². The molecule has 12 unspecified atom stereocenters. The number of hydrogen-bond acceptors (Lipinski definition) is 13. The summed E-state index contributed by atoms with van der Waals surface area (Å²) in [6.07, 6.45) is 52.8. The maximum absolute atomic E-state index is 13.4. The average molecular weight is 1230 g/mol. The molecular weight excluding hydrogens is 1090 g/mol. The predicted molar refractivity (Wildman–Crippen MR) is 351 cm³/mol. The summed E-state index contributed by atoms with van der Waals surface area (Å²) in [5.74, 6) is -0.196. The van der Waals surface area contributed by atoms with Crippen LogP contribution < -0.4 is 5.32 Å². The summed E-state index contributed by atoms with van der Waals surface area (Å²) in [4.78, 5) is 13.4. The summed E-state index contributed by atoms with van der Waals surface area (Å²) in [6, 6.07) is -0.824. The van der Waals surface area contributed by atoms with E-state index in [4.69, 9.17) is 18.9 Å². The van der Waals surface area contributed by atoms with E-state index in [1.807, 2.05) is 0 Å². The van der Waals surface area contributed by atoms with Gasteiger partial charge in [0.1, 0.15) is 48.8 Å². The van der Waals surface area contributed by atoms with Gasteiger partial charge < -0.3 is 65.1 Å². The first-order valence-corrected chi connectivity index (χ1v) is 37.3. The maximum atomic E-state index is 13.4. The largest absolute Gasteiger partial charge is 0.394 e. The van der Waals surface area contributed by atoms with Crippen molar-refractivity contribution in [2.45, 2.75) is 434 Å². The molecule has 0 aromatic rings. The Morgan fingerprint density at radius 2 is 0.663 bits per heavy atom. The number of aliphatic hydroxyl groups excluding tert-OH is 8. The first-order valence-electron chi connectivity index (χ1n) is 37.3. The number of amides is 1. The number of aliphatic hydroxyl groups is 8. The number of unbranched alkanes of at least 4 members (excludes halogenated alkanes) is 50. The zero-order valence-electron chi connectivity index (χ0n) is 55.9. The van der Waals surface area contributed by atoms with Crippen LogP contribution in [-0.2, 0) is 23.7 Å². The Bertz CT molecular complexity index is 1450. The molecule has 2 saturated heterocycles. The van der Waals surface area contributed by atoms with E-state index in [2.05, 4.69) is 19.2 Å². The van der Waals surface area contributed by atoms with Crippen molar-refractivity contribution in [3.05, 3.63) is 0 Å². The Morgan fingerprint density at radius 3 is 0.988 bits per heavy atom. The highest BCUT2D eigenvalue weighted by Gasteiger charge is 2.51. The Balaban J connectivity index is 1.62. The lowest BCUT2D eigenvalue weighted by Gasteiger charge is -2.46. The normalized spacial score (nSPS) is 23.3. The summed E-state index contributed by atoms with van der Waals surface area (Å²) in [5.41, 5.74) is 0. The summed E-state index contributed by atoms with van der Waals surface area (Å²) in [7, 11) is 0. The third kappa shape index (κ3) is 41.5. The van der Waals surface area contributed by atoms with E-state index < -0.39 is 86.8 Å². The highest BCUT2D eigenvalue weighted by Crippen LogP contribution is 2.30. The fraction of sp³-hybridized carbons (Fsp3) is 0.986. The van der Waals surface area contributed by atoms with Crippen LogP contribution in [0.2, 0.25) is 0 Å². The average Bonchev–Trinajstić information content (AvgIpc) is 2.54. The van der Waals surface area contributed by atoms with Crippen molar-refractivity contribution in [2.24, 2.45) is 0 Å². The number of ether oxygens (including phenoxy) is 4. The summed E-state index contributed by atoms with van der Waals surface area (Å²) in [6.45, 7) is 2.94. The zero-order valence-corrected chi connectivity index (χ0v) is 55.9. The van der Waals surface area contributed by atoms with Gasteiger partial charge in [0.2, 0.25) is 5.91 Å². The lowest BCUT2D eigenvalue weighted by atomic mass is 9.97. The van der Waals surface area contributed by atoms with Gasteiger partial charge in [0.25, 0.3) is 0 Å². The molecule has 512 valence electrons. The van der Waals surface area contributed by atoms with Crippen LogP contribution in [0.4, 0.5) is 0 Å². The van der Waals surface area contributed by atoms with Crippen LogP contribution in [0, 0.1) is 0 Å². The molecule has 0 aromatic heterocycles. The molecule has 2 heterocycles. The van der Waals surface area contributed by atoms with E-state index >= 15 is 0 Å². The third-order valence-electron chi connectivity index (χ3n) is 18.8. The number of hydrogen-bond donors (Lipinski definition) is 9.